The predicted molar refractivity (Wildman–Crippen MR) is 58.0 cm³/mol. The molecule has 0 amide bonds. The van der Waals surface area contributed by atoms with Gasteiger partial charge in [-0.25, -0.2) is 4.98 Å². The summed E-state index contributed by atoms with van der Waals surface area (Å²) in [5, 5.41) is 10.4. The van der Waals surface area contributed by atoms with Gasteiger partial charge in [0.15, 0.2) is 5.13 Å². The molecule has 0 bridgehead atoms. The molecule has 0 radical (unpaired) electrons. The highest BCUT2D eigenvalue weighted by Crippen LogP contribution is 2.21. The lowest BCUT2D eigenvalue weighted by atomic mass is 10.3. The molecule has 0 atom stereocenters. The van der Waals surface area contributed by atoms with Crippen molar-refractivity contribution in [3.63, 3.8) is 0 Å². The van der Waals surface area contributed by atoms with Gasteiger partial charge in [0.2, 0.25) is 0 Å². The fraction of sp³-hybridized carbons (Fsp3) is 0.333. The molecular formula is C9H12N4S. The highest BCUT2D eigenvalue weighted by atomic mass is 32.1. The van der Waals surface area contributed by atoms with E-state index < -0.39 is 0 Å². The van der Waals surface area contributed by atoms with E-state index in [4.69, 9.17) is 0 Å². The van der Waals surface area contributed by atoms with E-state index in [0.29, 0.717) is 0 Å². The van der Waals surface area contributed by atoms with E-state index in [1.165, 1.54) is 0 Å². The largest absolute Gasteiger partial charge is 0.329 e. The van der Waals surface area contributed by atoms with E-state index in [2.05, 4.69) is 22.3 Å². The Kier molecular flexibility index (Phi) is 2.49. The molecular weight excluding hydrogens is 196 g/mol. The van der Waals surface area contributed by atoms with Crippen molar-refractivity contribution < 1.29 is 0 Å². The van der Waals surface area contributed by atoms with Gasteiger partial charge in [-0.3, -0.25) is 4.68 Å². The van der Waals surface area contributed by atoms with Crippen LogP contribution in [0.5, 0.6) is 0 Å². The third kappa shape index (κ3) is 1.77. The Balaban J connectivity index is 2.23. The molecule has 4 nitrogen and oxygen atoms in total. The molecule has 2 aromatic heterocycles. The summed E-state index contributed by atoms with van der Waals surface area (Å²) in [6.07, 6.45) is 4.68. The van der Waals surface area contributed by atoms with Crippen molar-refractivity contribution in [3.05, 3.63) is 23.5 Å². The molecule has 14 heavy (non-hydrogen) atoms. The Morgan fingerprint density at radius 3 is 3.07 bits per heavy atom. The van der Waals surface area contributed by atoms with Gasteiger partial charge < -0.3 is 5.32 Å². The normalized spacial score (nSPS) is 10.4. The molecule has 2 heterocycles. The van der Waals surface area contributed by atoms with Crippen molar-refractivity contribution in [2.45, 2.75) is 13.3 Å². The Morgan fingerprint density at radius 1 is 1.57 bits per heavy atom. The van der Waals surface area contributed by atoms with Crippen LogP contribution in [-0.2, 0) is 13.5 Å². The molecule has 0 aliphatic rings. The van der Waals surface area contributed by atoms with Gasteiger partial charge in [-0.2, -0.15) is 5.10 Å². The van der Waals surface area contributed by atoms with Crippen LogP contribution in [0, 0.1) is 0 Å². The topological polar surface area (TPSA) is 42.7 Å². The van der Waals surface area contributed by atoms with Crippen molar-refractivity contribution in [1.29, 1.82) is 0 Å². The van der Waals surface area contributed by atoms with Gasteiger partial charge in [-0.15, -0.1) is 11.3 Å². The summed E-state index contributed by atoms with van der Waals surface area (Å²) in [7, 11) is 1.92. The number of hydrogen-bond acceptors (Lipinski definition) is 4. The maximum Gasteiger partial charge on any atom is 0.187 e. The standard InChI is InChI=1S/C9H12N4S/c1-3-7-8(6-13(2)12-7)11-9-10-4-5-14-9/h4-6H,3H2,1-2H3,(H,10,11). The Bertz CT molecular complexity index is 404. The molecule has 0 aromatic carbocycles. The highest BCUT2D eigenvalue weighted by molar-refractivity contribution is 7.13. The Labute approximate surface area is 86.6 Å². The SMILES string of the molecule is CCc1nn(C)cc1Nc1nccs1. The first-order valence-electron chi connectivity index (χ1n) is 4.48. The quantitative estimate of drug-likeness (QED) is 0.840. The van der Waals surface area contributed by atoms with Crippen molar-refractivity contribution in [2.24, 2.45) is 7.05 Å². The first-order valence-corrected chi connectivity index (χ1v) is 5.36. The number of anilines is 2. The van der Waals surface area contributed by atoms with Crippen molar-refractivity contribution in [3.8, 4) is 0 Å². The zero-order valence-electron chi connectivity index (χ0n) is 8.19. The second kappa shape index (κ2) is 3.79. The first kappa shape index (κ1) is 9.21. The van der Waals surface area contributed by atoms with Crippen LogP contribution in [0.2, 0.25) is 0 Å². The third-order valence-corrected chi connectivity index (χ3v) is 2.60. The average molecular weight is 208 g/mol. The van der Waals surface area contributed by atoms with E-state index in [-0.39, 0.29) is 0 Å². The van der Waals surface area contributed by atoms with E-state index in [0.717, 1.165) is 22.9 Å². The minimum atomic E-state index is 0.910. The van der Waals surface area contributed by atoms with Crippen LogP contribution in [0.1, 0.15) is 12.6 Å². The molecule has 0 unspecified atom stereocenters. The fourth-order valence-corrected chi connectivity index (χ4v) is 1.84. The van der Waals surface area contributed by atoms with Crippen LogP contribution in [0.15, 0.2) is 17.8 Å². The molecule has 5 heteroatoms. The summed E-state index contributed by atoms with van der Waals surface area (Å²) in [5.41, 5.74) is 2.12. The zero-order chi connectivity index (χ0) is 9.97. The number of thiazole rings is 1. The lowest BCUT2D eigenvalue weighted by Gasteiger charge is -1.99. The molecule has 0 aliphatic heterocycles. The fourth-order valence-electron chi connectivity index (χ4n) is 1.30. The van der Waals surface area contributed by atoms with E-state index in [1.807, 2.05) is 23.3 Å². The highest BCUT2D eigenvalue weighted by Gasteiger charge is 2.06. The molecule has 0 fully saturated rings. The Morgan fingerprint density at radius 2 is 2.43 bits per heavy atom. The molecule has 0 spiro atoms. The van der Waals surface area contributed by atoms with Gasteiger partial charge in [0, 0.05) is 24.8 Å². The summed E-state index contributed by atoms with van der Waals surface area (Å²) in [6.45, 7) is 2.09. The second-order valence-electron chi connectivity index (χ2n) is 2.98. The predicted octanol–water partition coefficient (Wildman–Crippen LogP) is 2.18. The van der Waals surface area contributed by atoms with E-state index >= 15 is 0 Å². The van der Waals surface area contributed by atoms with Crippen LogP contribution in [0.3, 0.4) is 0 Å². The van der Waals surface area contributed by atoms with Crippen LogP contribution >= 0.6 is 11.3 Å². The minimum Gasteiger partial charge on any atom is -0.329 e. The molecule has 1 N–H and O–H groups in total. The van der Waals surface area contributed by atoms with E-state index in [9.17, 15) is 0 Å². The van der Waals surface area contributed by atoms with Crippen molar-refractivity contribution in [2.75, 3.05) is 5.32 Å². The number of aromatic nitrogens is 3. The van der Waals surface area contributed by atoms with Gasteiger partial charge >= 0.3 is 0 Å². The van der Waals surface area contributed by atoms with Gasteiger partial charge in [-0.1, -0.05) is 6.92 Å². The first-order chi connectivity index (χ1) is 6.79. The smallest absolute Gasteiger partial charge is 0.187 e. The lowest BCUT2D eigenvalue weighted by molar-refractivity contribution is 0.746. The molecule has 0 saturated heterocycles. The number of hydrogen-bond donors (Lipinski definition) is 1. The van der Waals surface area contributed by atoms with Crippen LogP contribution in [0.4, 0.5) is 10.8 Å². The number of aryl methyl sites for hydroxylation is 2. The monoisotopic (exact) mass is 208 g/mol. The van der Waals surface area contributed by atoms with Crippen LogP contribution < -0.4 is 5.32 Å². The molecule has 0 aliphatic carbocycles. The lowest BCUT2D eigenvalue weighted by Crippen LogP contribution is -1.92. The van der Waals surface area contributed by atoms with Crippen molar-refractivity contribution >= 4 is 22.2 Å². The minimum absolute atomic E-state index is 0.910. The number of nitrogens with zero attached hydrogens (tertiary/aromatic N) is 3. The zero-order valence-corrected chi connectivity index (χ0v) is 9.01. The molecule has 2 aromatic rings. The summed E-state index contributed by atoms with van der Waals surface area (Å²) < 4.78 is 1.81. The summed E-state index contributed by atoms with van der Waals surface area (Å²) in [5.74, 6) is 0. The average Bonchev–Trinajstić information content (AvgIpc) is 2.76. The molecule has 74 valence electrons. The van der Waals surface area contributed by atoms with Crippen molar-refractivity contribution in [1.82, 2.24) is 14.8 Å². The summed E-state index contributed by atoms with van der Waals surface area (Å²) in [6, 6.07) is 0. The maximum atomic E-state index is 4.34. The van der Waals surface area contributed by atoms with Crippen LogP contribution in [-0.4, -0.2) is 14.8 Å². The number of nitrogens with one attached hydrogen (secondary N) is 1. The summed E-state index contributed by atoms with van der Waals surface area (Å²) >= 11 is 1.59. The Hall–Kier alpha value is -1.36. The molecule has 2 rings (SSSR count). The number of rotatable bonds is 3. The third-order valence-electron chi connectivity index (χ3n) is 1.91. The molecule has 0 saturated carbocycles. The second-order valence-corrected chi connectivity index (χ2v) is 3.87. The van der Waals surface area contributed by atoms with Gasteiger partial charge in [0.1, 0.15) is 0 Å². The van der Waals surface area contributed by atoms with Gasteiger partial charge in [0.05, 0.1) is 11.4 Å². The van der Waals surface area contributed by atoms with E-state index in [1.54, 1.807) is 17.5 Å². The van der Waals surface area contributed by atoms with Gasteiger partial charge in [-0.05, 0) is 6.42 Å². The van der Waals surface area contributed by atoms with Crippen LogP contribution in [0.25, 0.3) is 0 Å². The van der Waals surface area contributed by atoms with Gasteiger partial charge in [0.25, 0.3) is 0 Å². The maximum absolute atomic E-state index is 4.34. The summed E-state index contributed by atoms with van der Waals surface area (Å²) in [4.78, 5) is 4.17.